The number of nitrogens with one attached hydrogen (secondary N) is 2. The average molecular weight is 466 g/mol. The van der Waals surface area contributed by atoms with Crippen LogP contribution in [0, 0.1) is 10.1 Å². The molecule has 1 unspecified atom stereocenters. The summed E-state index contributed by atoms with van der Waals surface area (Å²) in [6.07, 6.45) is 3.24. The normalized spacial score (nSPS) is 17.4. The van der Waals surface area contributed by atoms with Crippen molar-refractivity contribution in [1.82, 2.24) is 10.2 Å². The highest BCUT2D eigenvalue weighted by Crippen LogP contribution is 2.30. The van der Waals surface area contributed by atoms with Crippen molar-refractivity contribution in [3.8, 4) is 0 Å². The SMILES string of the molecule is CCCCCC(=O)Nc1ccc(C(=O)CN2C(=O)NC(C)(c3ccc([N+](=O)[O-])cc3)C2=O)cc1. The number of carbonyl (C=O) groups is 4. The largest absolute Gasteiger partial charge is 0.326 e. The number of ketones is 1. The van der Waals surface area contributed by atoms with Crippen molar-refractivity contribution < 1.29 is 24.1 Å². The van der Waals surface area contributed by atoms with Gasteiger partial charge in [-0.1, -0.05) is 19.8 Å². The molecule has 0 radical (unpaired) electrons. The standard InChI is InChI=1S/C24H26N4O6/c1-3-4-5-6-21(30)25-18-11-7-16(8-12-18)20(29)15-27-22(31)24(2,26-23(27)32)17-9-13-19(14-10-17)28(33)34/h7-14H,3-6,15H2,1-2H3,(H,25,30)(H,26,32). The number of imide groups is 1. The van der Waals surface area contributed by atoms with E-state index < -0.39 is 34.7 Å². The molecule has 1 aliphatic rings. The van der Waals surface area contributed by atoms with Crippen LogP contribution in [0.4, 0.5) is 16.2 Å². The quantitative estimate of drug-likeness (QED) is 0.180. The van der Waals surface area contributed by atoms with Crippen LogP contribution in [0.3, 0.4) is 0 Å². The topological polar surface area (TPSA) is 139 Å². The maximum Gasteiger partial charge on any atom is 0.325 e. The highest BCUT2D eigenvalue weighted by molar-refractivity contribution is 6.11. The van der Waals surface area contributed by atoms with Gasteiger partial charge in [0.15, 0.2) is 5.78 Å². The number of hydrogen-bond acceptors (Lipinski definition) is 6. The second-order valence-electron chi connectivity index (χ2n) is 8.26. The third-order valence-corrected chi connectivity index (χ3v) is 5.73. The van der Waals surface area contributed by atoms with Crippen molar-refractivity contribution in [2.24, 2.45) is 0 Å². The first-order valence-electron chi connectivity index (χ1n) is 11.0. The molecule has 10 heteroatoms. The molecule has 1 aliphatic heterocycles. The monoisotopic (exact) mass is 466 g/mol. The van der Waals surface area contributed by atoms with E-state index in [1.807, 2.05) is 0 Å². The molecule has 1 heterocycles. The first-order valence-corrected chi connectivity index (χ1v) is 11.0. The number of hydrogen-bond donors (Lipinski definition) is 2. The lowest BCUT2D eigenvalue weighted by Crippen LogP contribution is -2.41. The van der Waals surface area contributed by atoms with Crippen LogP contribution < -0.4 is 10.6 Å². The summed E-state index contributed by atoms with van der Waals surface area (Å²) in [7, 11) is 0. The molecular weight excluding hydrogens is 440 g/mol. The molecule has 4 amide bonds. The number of nitrogens with zero attached hydrogens (tertiary/aromatic N) is 2. The Balaban J connectivity index is 1.65. The third-order valence-electron chi connectivity index (χ3n) is 5.73. The Labute approximate surface area is 196 Å². The molecule has 34 heavy (non-hydrogen) atoms. The lowest BCUT2D eigenvalue weighted by Gasteiger charge is -2.22. The molecule has 3 rings (SSSR count). The number of nitro benzene ring substituents is 1. The summed E-state index contributed by atoms with van der Waals surface area (Å²) < 4.78 is 0. The highest BCUT2D eigenvalue weighted by atomic mass is 16.6. The van der Waals surface area contributed by atoms with Crippen LogP contribution in [0.15, 0.2) is 48.5 Å². The van der Waals surface area contributed by atoms with Gasteiger partial charge in [0.2, 0.25) is 5.91 Å². The number of amides is 4. The summed E-state index contributed by atoms with van der Waals surface area (Å²) in [5.74, 6) is -1.18. The van der Waals surface area contributed by atoms with Crippen LogP contribution in [0.5, 0.6) is 0 Å². The first kappa shape index (κ1) is 24.6. The number of rotatable bonds is 10. The summed E-state index contributed by atoms with van der Waals surface area (Å²) in [5.41, 5.74) is -0.382. The molecular formula is C24H26N4O6. The van der Waals surface area contributed by atoms with Gasteiger partial charge in [-0.05, 0) is 55.3 Å². The van der Waals surface area contributed by atoms with E-state index in [2.05, 4.69) is 17.6 Å². The van der Waals surface area contributed by atoms with Gasteiger partial charge in [-0.25, -0.2) is 4.79 Å². The Morgan fingerprint density at radius 1 is 1.06 bits per heavy atom. The van der Waals surface area contributed by atoms with Gasteiger partial charge in [0.25, 0.3) is 11.6 Å². The van der Waals surface area contributed by atoms with Crippen molar-refractivity contribution in [1.29, 1.82) is 0 Å². The zero-order valence-corrected chi connectivity index (χ0v) is 19.0. The number of urea groups is 1. The van der Waals surface area contributed by atoms with Gasteiger partial charge < -0.3 is 10.6 Å². The van der Waals surface area contributed by atoms with Crippen LogP contribution in [-0.4, -0.2) is 40.0 Å². The summed E-state index contributed by atoms with van der Waals surface area (Å²) in [4.78, 5) is 61.3. The minimum atomic E-state index is -1.45. The van der Waals surface area contributed by atoms with E-state index in [4.69, 9.17) is 0 Å². The molecule has 178 valence electrons. The van der Waals surface area contributed by atoms with Gasteiger partial charge in [-0.2, -0.15) is 0 Å². The van der Waals surface area contributed by atoms with Crippen LogP contribution >= 0.6 is 0 Å². The Hall–Kier alpha value is -4.08. The van der Waals surface area contributed by atoms with Crippen molar-refractivity contribution in [3.05, 3.63) is 69.8 Å². The van der Waals surface area contributed by atoms with Crippen LogP contribution in [0.25, 0.3) is 0 Å². The van der Waals surface area contributed by atoms with Crippen LogP contribution in [0.2, 0.25) is 0 Å². The molecule has 2 aromatic rings. The molecule has 0 saturated carbocycles. The minimum absolute atomic E-state index is 0.0996. The van der Waals surface area contributed by atoms with Gasteiger partial charge in [-0.15, -0.1) is 0 Å². The van der Waals surface area contributed by atoms with E-state index in [-0.39, 0.29) is 17.2 Å². The molecule has 0 spiro atoms. The van der Waals surface area contributed by atoms with Crippen molar-refractivity contribution in [2.75, 3.05) is 11.9 Å². The van der Waals surface area contributed by atoms with Gasteiger partial charge in [0.1, 0.15) is 5.54 Å². The smallest absolute Gasteiger partial charge is 0.325 e. The highest BCUT2D eigenvalue weighted by Gasteiger charge is 2.49. The van der Waals surface area contributed by atoms with E-state index in [9.17, 15) is 29.3 Å². The second kappa shape index (κ2) is 10.2. The molecule has 2 aromatic carbocycles. The number of nitro groups is 1. The summed E-state index contributed by atoms with van der Waals surface area (Å²) in [6.45, 7) is 3.08. The Bertz CT molecular complexity index is 1110. The molecule has 0 bridgehead atoms. The number of Topliss-reactive ketones (excluding diaryl/α,β-unsaturated/α-hetero) is 1. The Morgan fingerprint density at radius 3 is 2.29 bits per heavy atom. The third kappa shape index (κ3) is 5.28. The summed E-state index contributed by atoms with van der Waals surface area (Å²) in [6, 6.07) is 10.8. The van der Waals surface area contributed by atoms with Crippen molar-refractivity contribution in [3.63, 3.8) is 0 Å². The lowest BCUT2D eigenvalue weighted by molar-refractivity contribution is -0.384. The van der Waals surface area contributed by atoms with E-state index >= 15 is 0 Å². The van der Waals surface area contributed by atoms with E-state index in [1.165, 1.54) is 43.3 Å². The van der Waals surface area contributed by atoms with Crippen molar-refractivity contribution >= 4 is 35.0 Å². The van der Waals surface area contributed by atoms with E-state index in [0.717, 1.165) is 24.2 Å². The Morgan fingerprint density at radius 2 is 1.71 bits per heavy atom. The molecule has 0 aliphatic carbocycles. The first-order chi connectivity index (χ1) is 16.2. The van der Waals surface area contributed by atoms with E-state index in [0.29, 0.717) is 17.7 Å². The summed E-state index contributed by atoms with van der Waals surface area (Å²) >= 11 is 0. The number of unbranched alkanes of at least 4 members (excludes halogenated alkanes) is 2. The number of carbonyl (C=O) groups excluding carboxylic acids is 4. The molecule has 0 aromatic heterocycles. The second-order valence-corrected chi connectivity index (χ2v) is 8.26. The number of benzene rings is 2. The number of anilines is 1. The fourth-order valence-electron chi connectivity index (χ4n) is 3.69. The lowest BCUT2D eigenvalue weighted by atomic mass is 9.92. The Kier molecular flexibility index (Phi) is 7.40. The molecule has 1 saturated heterocycles. The van der Waals surface area contributed by atoms with Gasteiger partial charge >= 0.3 is 6.03 Å². The predicted molar refractivity (Wildman–Crippen MR) is 124 cm³/mol. The number of non-ortho nitro benzene ring substituents is 1. The predicted octanol–water partition coefficient (Wildman–Crippen LogP) is 3.76. The minimum Gasteiger partial charge on any atom is -0.326 e. The maximum absolute atomic E-state index is 13.0. The summed E-state index contributed by atoms with van der Waals surface area (Å²) in [5, 5.41) is 16.2. The van der Waals surface area contributed by atoms with Gasteiger partial charge in [-0.3, -0.25) is 29.4 Å². The zero-order valence-electron chi connectivity index (χ0n) is 19.0. The zero-order chi connectivity index (χ0) is 24.9. The average Bonchev–Trinajstić information content (AvgIpc) is 3.03. The van der Waals surface area contributed by atoms with Crippen molar-refractivity contribution in [2.45, 2.75) is 45.1 Å². The fraction of sp³-hybridized carbons (Fsp3) is 0.333. The van der Waals surface area contributed by atoms with E-state index in [1.54, 1.807) is 12.1 Å². The fourth-order valence-corrected chi connectivity index (χ4v) is 3.69. The molecule has 1 atom stereocenters. The molecule has 10 nitrogen and oxygen atoms in total. The van der Waals surface area contributed by atoms with Crippen LogP contribution in [0.1, 0.15) is 55.5 Å². The maximum atomic E-state index is 13.0. The molecule has 2 N–H and O–H groups in total. The molecule has 1 fully saturated rings. The van der Waals surface area contributed by atoms with Crippen LogP contribution in [-0.2, 0) is 15.1 Å². The van der Waals surface area contributed by atoms with Gasteiger partial charge in [0.05, 0.1) is 11.5 Å². The van der Waals surface area contributed by atoms with Gasteiger partial charge in [0, 0.05) is 29.8 Å².